The Morgan fingerprint density at radius 1 is 0.903 bits per heavy atom. The molecule has 0 aliphatic rings. The number of ether oxygens (including phenoxy) is 4. The van der Waals surface area contributed by atoms with Gasteiger partial charge in [-0.15, -0.1) is 0 Å². The van der Waals surface area contributed by atoms with Gasteiger partial charge in [0.25, 0.3) is 0 Å². The van der Waals surface area contributed by atoms with Gasteiger partial charge in [0.05, 0.1) is 28.4 Å². The highest BCUT2D eigenvalue weighted by atomic mass is 28.4. The van der Waals surface area contributed by atoms with E-state index < -0.39 is 8.32 Å². The highest BCUT2D eigenvalue weighted by Gasteiger charge is 2.38. The SMILES string of the molecule is COc1ccc(/C=C(\C)c2cc(OC)c(OC)c(OC)c2)cc1CC(C)(C)[Si](C)(C)O. The fourth-order valence-corrected chi connectivity index (χ4v) is 3.98. The molecule has 0 amide bonds. The van der Waals surface area contributed by atoms with Crippen molar-refractivity contribution in [1.29, 1.82) is 0 Å². The lowest BCUT2D eigenvalue weighted by molar-refractivity contribution is 0.324. The molecular weight excluding hydrogens is 408 g/mol. The quantitative estimate of drug-likeness (QED) is 0.391. The first-order valence-electron chi connectivity index (χ1n) is 10.4. The average molecular weight is 445 g/mol. The molecule has 6 heteroatoms. The van der Waals surface area contributed by atoms with E-state index in [2.05, 4.69) is 32.9 Å². The van der Waals surface area contributed by atoms with Crippen LogP contribution in [0.2, 0.25) is 18.1 Å². The Labute approximate surface area is 187 Å². The molecule has 2 rings (SSSR count). The molecule has 0 aliphatic heterocycles. The van der Waals surface area contributed by atoms with Crippen LogP contribution in [-0.2, 0) is 6.42 Å². The second-order valence-corrected chi connectivity index (χ2v) is 13.4. The number of methoxy groups -OCH3 is 4. The number of hydrogen-bond acceptors (Lipinski definition) is 5. The third-order valence-electron chi connectivity index (χ3n) is 6.10. The van der Waals surface area contributed by atoms with Gasteiger partial charge in [-0.3, -0.25) is 0 Å². The van der Waals surface area contributed by atoms with Crippen LogP contribution >= 0.6 is 0 Å². The van der Waals surface area contributed by atoms with E-state index in [0.29, 0.717) is 17.2 Å². The molecule has 0 atom stereocenters. The summed E-state index contributed by atoms with van der Waals surface area (Å²) in [5, 5.41) is -0.186. The van der Waals surface area contributed by atoms with Crippen LogP contribution in [0, 0.1) is 0 Å². The predicted octanol–water partition coefficient (Wildman–Crippen LogP) is 5.80. The minimum atomic E-state index is -2.35. The van der Waals surface area contributed by atoms with Gasteiger partial charge < -0.3 is 23.7 Å². The van der Waals surface area contributed by atoms with Crippen LogP contribution in [0.4, 0.5) is 0 Å². The molecule has 0 saturated carbocycles. The Bertz CT molecular complexity index is 916. The second kappa shape index (κ2) is 9.79. The summed E-state index contributed by atoms with van der Waals surface area (Å²) >= 11 is 0. The topological polar surface area (TPSA) is 57.2 Å². The summed E-state index contributed by atoms with van der Waals surface area (Å²) in [6.45, 7) is 10.3. The molecule has 1 N–H and O–H groups in total. The molecule has 0 unspecified atom stereocenters. The van der Waals surface area contributed by atoms with Crippen LogP contribution in [0.15, 0.2) is 30.3 Å². The van der Waals surface area contributed by atoms with Crippen molar-refractivity contribution in [1.82, 2.24) is 0 Å². The van der Waals surface area contributed by atoms with Gasteiger partial charge in [-0.2, -0.15) is 0 Å². The molecule has 0 bridgehead atoms. The molecule has 0 heterocycles. The zero-order chi connectivity index (χ0) is 23.4. The summed E-state index contributed by atoms with van der Waals surface area (Å²) in [7, 11) is 4.16. The summed E-state index contributed by atoms with van der Waals surface area (Å²) in [5.74, 6) is 2.66. The molecule has 0 saturated heterocycles. The molecule has 5 nitrogen and oxygen atoms in total. The maximum Gasteiger partial charge on any atom is 0.203 e. The summed E-state index contributed by atoms with van der Waals surface area (Å²) in [6.07, 6.45) is 2.87. The van der Waals surface area contributed by atoms with E-state index in [1.807, 2.05) is 37.4 Å². The van der Waals surface area contributed by atoms with Gasteiger partial charge in [-0.1, -0.05) is 26.0 Å². The average Bonchev–Trinajstić information content (AvgIpc) is 2.71. The van der Waals surface area contributed by atoms with Crippen molar-refractivity contribution in [2.75, 3.05) is 28.4 Å². The first kappa shape index (κ1) is 24.8. The molecule has 0 fully saturated rings. The third kappa shape index (κ3) is 5.63. The number of allylic oxidation sites excluding steroid dienone is 1. The molecule has 0 radical (unpaired) electrons. The van der Waals surface area contributed by atoms with Crippen LogP contribution in [0.25, 0.3) is 11.6 Å². The minimum Gasteiger partial charge on any atom is -0.496 e. The lowest BCUT2D eigenvalue weighted by Gasteiger charge is -2.35. The Morgan fingerprint density at radius 3 is 1.90 bits per heavy atom. The Morgan fingerprint density at radius 2 is 1.45 bits per heavy atom. The molecule has 0 spiro atoms. The lowest BCUT2D eigenvalue weighted by atomic mass is 9.97. The van der Waals surface area contributed by atoms with Crippen molar-refractivity contribution >= 4 is 20.0 Å². The predicted molar refractivity (Wildman–Crippen MR) is 130 cm³/mol. The summed E-state index contributed by atoms with van der Waals surface area (Å²) in [6, 6.07) is 10.1. The molecule has 31 heavy (non-hydrogen) atoms. The van der Waals surface area contributed by atoms with Crippen molar-refractivity contribution in [3.63, 3.8) is 0 Å². The number of hydrogen-bond donors (Lipinski definition) is 1. The molecule has 170 valence electrons. The standard InChI is InChI=1S/C25H36O5Si/c1-17(19-14-22(28-5)24(30-7)23(15-19)29-6)12-18-10-11-21(27-4)20(13-18)16-25(2,3)31(8,9)26/h10-15,26H,16H2,1-9H3/b17-12+. The monoisotopic (exact) mass is 444 g/mol. The van der Waals surface area contributed by atoms with Gasteiger partial charge in [0.2, 0.25) is 5.75 Å². The van der Waals surface area contributed by atoms with Crippen LogP contribution in [0.3, 0.4) is 0 Å². The maximum absolute atomic E-state index is 10.7. The van der Waals surface area contributed by atoms with E-state index in [-0.39, 0.29) is 5.04 Å². The van der Waals surface area contributed by atoms with Gasteiger partial charge in [-0.25, -0.2) is 0 Å². The Kier molecular flexibility index (Phi) is 7.84. The summed E-state index contributed by atoms with van der Waals surface area (Å²) in [4.78, 5) is 10.7. The van der Waals surface area contributed by atoms with Gasteiger partial charge in [-0.05, 0) is 78.0 Å². The van der Waals surface area contributed by atoms with Gasteiger partial charge in [0, 0.05) is 0 Å². The van der Waals surface area contributed by atoms with Crippen molar-refractivity contribution in [3.8, 4) is 23.0 Å². The van der Waals surface area contributed by atoms with E-state index in [0.717, 1.165) is 34.4 Å². The molecular formula is C25H36O5Si. The maximum atomic E-state index is 10.7. The Balaban J connectivity index is 2.48. The normalized spacial score (nSPS) is 12.5. The highest BCUT2D eigenvalue weighted by Crippen LogP contribution is 2.42. The van der Waals surface area contributed by atoms with Crippen LogP contribution < -0.4 is 18.9 Å². The zero-order valence-corrected chi connectivity index (χ0v) is 21.3. The molecule has 2 aromatic rings. The smallest absolute Gasteiger partial charge is 0.203 e. The largest absolute Gasteiger partial charge is 0.496 e. The van der Waals surface area contributed by atoms with E-state index in [1.54, 1.807) is 28.4 Å². The lowest BCUT2D eigenvalue weighted by Crippen LogP contribution is -2.40. The fraction of sp³-hybridized carbons (Fsp3) is 0.440. The van der Waals surface area contributed by atoms with Gasteiger partial charge in [0.1, 0.15) is 5.75 Å². The number of benzene rings is 2. The minimum absolute atomic E-state index is 0.186. The highest BCUT2D eigenvalue weighted by molar-refractivity contribution is 6.72. The molecule has 0 aromatic heterocycles. The van der Waals surface area contributed by atoms with Gasteiger partial charge in [0.15, 0.2) is 19.8 Å². The van der Waals surface area contributed by atoms with Crippen LogP contribution in [0.5, 0.6) is 23.0 Å². The van der Waals surface area contributed by atoms with E-state index in [1.165, 1.54) is 0 Å². The molecule has 0 aliphatic carbocycles. The zero-order valence-electron chi connectivity index (χ0n) is 20.3. The van der Waals surface area contributed by atoms with Crippen LogP contribution in [0.1, 0.15) is 37.5 Å². The first-order chi connectivity index (χ1) is 14.5. The second-order valence-electron chi connectivity index (χ2n) is 8.93. The van der Waals surface area contributed by atoms with E-state index >= 15 is 0 Å². The molecule has 2 aromatic carbocycles. The van der Waals surface area contributed by atoms with Crippen molar-refractivity contribution in [3.05, 3.63) is 47.0 Å². The summed E-state index contributed by atoms with van der Waals surface area (Å²) in [5.41, 5.74) is 4.20. The van der Waals surface area contributed by atoms with Crippen molar-refractivity contribution < 1.29 is 23.7 Å². The van der Waals surface area contributed by atoms with Crippen molar-refractivity contribution in [2.24, 2.45) is 0 Å². The van der Waals surface area contributed by atoms with Crippen LogP contribution in [-0.4, -0.2) is 41.6 Å². The van der Waals surface area contributed by atoms with E-state index in [9.17, 15) is 4.80 Å². The van der Waals surface area contributed by atoms with Gasteiger partial charge >= 0.3 is 0 Å². The number of rotatable bonds is 9. The van der Waals surface area contributed by atoms with E-state index in [4.69, 9.17) is 18.9 Å². The van der Waals surface area contributed by atoms with Crippen molar-refractivity contribution in [2.45, 2.75) is 45.3 Å². The fourth-order valence-electron chi connectivity index (χ4n) is 3.36. The summed E-state index contributed by atoms with van der Waals surface area (Å²) < 4.78 is 22.0. The first-order valence-corrected chi connectivity index (χ1v) is 13.3. The third-order valence-corrected chi connectivity index (χ3v) is 9.59. The Hall–Kier alpha value is -2.44.